The molecule has 0 spiro atoms. The van der Waals surface area contributed by atoms with Crippen LogP contribution in [0.15, 0.2) is 0 Å². The van der Waals surface area contributed by atoms with E-state index in [0.717, 1.165) is 17.9 Å². The molecular weight excluding hydrogens is 194 g/mol. The van der Waals surface area contributed by atoms with Gasteiger partial charge in [0.05, 0.1) is 0 Å². The third kappa shape index (κ3) is 2.03. The summed E-state index contributed by atoms with van der Waals surface area (Å²) in [5, 5.41) is 0. The highest BCUT2D eigenvalue weighted by molar-refractivity contribution is 5.08. The Labute approximate surface area is 102 Å². The van der Waals surface area contributed by atoms with Crippen molar-refractivity contribution < 1.29 is 0 Å². The fourth-order valence-corrected chi connectivity index (χ4v) is 3.67. The molecule has 1 heteroatoms. The van der Waals surface area contributed by atoms with Crippen LogP contribution in [0.2, 0.25) is 0 Å². The van der Waals surface area contributed by atoms with Gasteiger partial charge in [-0.1, -0.05) is 20.8 Å². The summed E-state index contributed by atoms with van der Waals surface area (Å²) < 4.78 is 0. The largest absolute Gasteiger partial charge is 0.295 e. The summed E-state index contributed by atoms with van der Waals surface area (Å²) in [5.74, 6) is 1.92. The second-order valence-electron chi connectivity index (χ2n) is 7.84. The third-order valence-corrected chi connectivity index (χ3v) is 5.18. The van der Waals surface area contributed by atoms with Crippen LogP contribution in [0.4, 0.5) is 0 Å². The zero-order valence-electron chi connectivity index (χ0n) is 12.0. The van der Waals surface area contributed by atoms with Gasteiger partial charge in [0.1, 0.15) is 0 Å². The first kappa shape index (κ1) is 12.4. The van der Waals surface area contributed by atoms with E-state index in [9.17, 15) is 0 Å². The fraction of sp³-hybridized carbons (Fsp3) is 1.00. The van der Waals surface area contributed by atoms with Gasteiger partial charge in [0.25, 0.3) is 0 Å². The standard InChI is InChI=1S/C15H29N/c1-11-12(7-8-14(2,3)4)9-13-10-16(11)15(13,5)6/h11-13H,7-10H2,1-6H3. The molecule has 0 saturated carbocycles. The lowest BCUT2D eigenvalue weighted by Crippen LogP contribution is -2.71. The van der Waals surface area contributed by atoms with E-state index in [1.54, 1.807) is 0 Å². The molecule has 3 saturated heterocycles. The monoisotopic (exact) mass is 223 g/mol. The Bertz CT molecular complexity index is 261. The summed E-state index contributed by atoms with van der Waals surface area (Å²) in [7, 11) is 0. The van der Waals surface area contributed by atoms with Crippen molar-refractivity contribution in [3.63, 3.8) is 0 Å². The summed E-state index contributed by atoms with van der Waals surface area (Å²) in [5.41, 5.74) is 1.00. The molecule has 3 aliphatic heterocycles. The van der Waals surface area contributed by atoms with Gasteiger partial charge in [0.15, 0.2) is 0 Å². The van der Waals surface area contributed by atoms with Crippen LogP contribution in [-0.4, -0.2) is 23.0 Å². The van der Waals surface area contributed by atoms with Gasteiger partial charge in [-0.05, 0) is 57.3 Å². The third-order valence-electron chi connectivity index (χ3n) is 5.18. The molecular formula is C15H29N. The minimum absolute atomic E-state index is 0.498. The zero-order valence-corrected chi connectivity index (χ0v) is 12.0. The van der Waals surface area contributed by atoms with Crippen LogP contribution in [0.3, 0.4) is 0 Å². The van der Waals surface area contributed by atoms with Crippen molar-refractivity contribution in [2.45, 2.75) is 72.4 Å². The average Bonchev–Trinajstić information content (AvgIpc) is 2.13. The molecule has 16 heavy (non-hydrogen) atoms. The maximum atomic E-state index is 2.73. The summed E-state index contributed by atoms with van der Waals surface area (Å²) in [6.07, 6.45) is 4.28. The van der Waals surface area contributed by atoms with Gasteiger partial charge >= 0.3 is 0 Å². The number of hydrogen-bond acceptors (Lipinski definition) is 1. The van der Waals surface area contributed by atoms with Gasteiger partial charge in [-0.25, -0.2) is 0 Å². The molecule has 3 aliphatic rings. The number of fused-ring (bicyclic) bond motifs is 2. The van der Waals surface area contributed by atoms with Gasteiger partial charge in [-0.2, -0.15) is 0 Å². The highest BCUT2D eigenvalue weighted by atomic mass is 15.3. The lowest BCUT2D eigenvalue weighted by Gasteiger charge is -2.65. The van der Waals surface area contributed by atoms with E-state index in [2.05, 4.69) is 46.4 Å². The first-order chi connectivity index (χ1) is 7.22. The van der Waals surface area contributed by atoms with Gasteiger partial charge < -0.3 is 0 Å². The molecule has 3 heterocycles. The highest BCUT2D eigenvalue weighted by Crippen LogP contribution is 2.49. The van der Waals surface area contributed by atoms with Crippen LogP contribution < -0.4 is 0 Å². The quantitative estimate of drug-likeness (QED) is 0.685. The van der Waals surface area contributed by atoms with Gasteiger partial charge in [-0.15, -0.1) is 0 Å². The molecule has 0 aromatic heterocycles. The molecule has 3 rings (SSSR count). The number of hydrogen-bond donors (Lipinski definition) is 0. The molecule has 1 nitrogen and oxygen atoms in total. The van der Waals surface area contributed by atoms with Crippen LogP contribution in [0.25, 0.3) is 0 Å². The van der Waals surface area contributed by atoms with Gasteiger partial charge in [0, 0.05) is 18.1 Å². The summed E-state index contributed by atoms with van der Waals surface area (Å²) in [6.45, 7) is 15.8. The molecule has 94 valence electrons. The Balaban J connectivity index is 1.91. The van der Waals surface area contributed by atoms with E-state index in [1.807, 2.05) is 0 Å². The molecule has 0 aliphatic carbocycles. The normalized spacial score (nSPS) is 41.6. The molecule has 0 radical (unpaired) electrons. The summed E-state index contributed by atoms with van der Waals surface area (Å²) >= 11 is 0. The second-order valence-corrected chi connectivity index (χ2v) is 7.84. The molecule has 0 amide bonds. The van der Waals surface area contributed by atoms with Crippen molar-refractivity contribution >= 4 is 0 Å². The van der Waals surface area contributed by atoms with E-state index in [-0.39, 0.29) is 0 Å². The van der Waals surface area contributed by atoms with E-state index < -0.39 is 0 Å². The van der Waals surface area contributed by atoms with E-state index in [1.165, 1.54) is 25.8 Å². The Morgan fingerprint density at radius 1 is 1.25 bits per heavy atom. The maximum absolute atomic E-state index is 2.73. The van der Waals surface area contributed by atoms with Crippen LogP contribution >= 0.6 is 0 Å². The first-order valence-electron chi connectivity index (χ1n) is 6.98. The van der Waals surface area contributed by atoms with E-state index in [4.69, 9.17) is 0 Å². The Morgan fingerprint density at radius 2 is 1.88 bits per heavy atom. The predicted molar refractivity (Wildman–Crippen MR) is 70.5 cm³/mol. The smallest absolute Gasteiger partial charge is 0.0196 e. The average molecular weight is 223 g/mol. The predicted octanol–water partition coefficient (Wildman–Crippen LogP) is 3.93. The Morgan fingerprint density at radius 3 is 2.31 bits per heavy atom. The molecule has 4 atom stereocenters. The van der Waals surface area contributed by atoms with E-state index in [0.29, 0.717) is 11.0 Å². The SMILES string of the molecule is CC1C(CCC(C)(C)C)CC2CN1C2(C)C. The second kappa shape index (κ2) is 3.73. The van der Waals surface area contributed by atoms with Crippen molar-refractivity contribution in [2.75, 3.05) is 6.54 Å². The van der Waals surface area contributed by atoms with Crippen molar-refractivity contribution in [1.82, 2.24) is 4.90 Å². The van der Waals surface area contributed by atoms with Crippen LogP contribution in [0, 0.1) is 17.3 Å². The number of rotatable bonds is 2. The molecule has 2 bridgehead atoms. The lowest BCUT2D eigenvalue weighted by atomic mass is 9.63. The Kier molecular flexibility index (Phi) is 2.89. The number of piperidine rings is 2. The minimum atomic E-state index is 0.498. The van der Waals surface area contributed by atoms with Crippen LogP contribution in [0.1, 0.15) is 60.8 Å². The topological polar surface area (TPSA) is 3.24 Å². The molecule has 0 aromatic rings. The van der Waals surface area contributed by atoms with Crippen LogP contribution in [-0.2, 0) is 0 Å². The van der Waals surface area contributed by atoms with Crippen molar-refractivity contribution in [2.24, 2.45) is 17.3 Å². The lowest BCUT2D eigenvalue weighted by molar-refractivity contribution is -0.152. The van der Waals surface area contributed by atoms with Crippen LogP contribution in [0.5, 0.6) is 0 Å². The fourth-order valence-electron chi connectivity index (χ4n) is 3.67. The van der Waals surface area contributed by atoms with Crippen molar-refractivity contribution in [1.29, 1.82) is 0 Å². The zero-order chi connectivity index (χ0) is 12.1. The van der Waals surface area contributed by atoms with Crippen molar-refractivity contribution in [3.05, 3.63) is 0 Å². The summed E-state index contributed by atoms with van der Waals surface area (Å²) in [4.78, 5) is 2.73. The van der Waals surface area contributed by atoms with Gasteiger partial charge in [0.2, 0.25) is 0 Å². The van der Waals surface area contributed by atoms with Gasteiger partial charge in [-0.3, -0.25) is 4.90 Å². The number of nitrogens with zero attached hydrogens (tertiary/aromatic N) is 1. The molecule has 0 N–H and O–H groups in total. The van der Waals surface area contributed by atoms with E-state index >= 15 is 0 Å². The Hall–Kier alpha value is -0.0400. The summed E-state index contributed by atoms with van der Waals surface area (Å²) in [6, 6.07) is 0.808. The highest BCUT2D eigenvalue weighted by Gasteiger charge is 2.54. The molecule has 0 aromatic carbocycles. The van der Waals surface area contributed by atoms with Crippen molar-refractivity contribution in [3.8, 4) is 0 Å². The minimum Gasteiger partial charge on any atom is -0.295 e. The first-order valence-corrected chi connectivity index (χ1v) is 6.98. The maximum Gasteiger partial charge on any atom is 0.0196 e. The molecule has 3 fully saturated rings. The molecule has 4 unspecified atom stereocenters.